The number of halogens is 10. The van der Waals surface area contributed by atoms with Gasteiger partial charge >= 0.3 is 34.1 Å². The van der Waals surface area contributed by atoms with Gasteiger partial charge in [-0.05, 0) is 258 Å². The van der Waals surface area contributed by atoms with E-state index in [-0.39, 0.29) is 105 Å². The summed E-state index contributed by atoms with van der Waals surface area (Å²) in [5.74, 6) is -5.41. The molecule has 1 fully saturated rings. The van der Waals surface area contributed by atoms with Gasteiger partial charge < -0.3 is 31.9 Å². The zero-order valence-electron chi connectivity index (χ0n) is 75.6. The summed E-state index contributed by atoms with van der Waals surface area (Å²) in [6.07, 6.45) is 8.99. The highest BCUT2D eigenvalue weighted by Crippen LogP contribution is 2.42. The highest BCUT2D eigenvalue weighted by molar-refractivity contribution is 5.54. The van der Waals surface area contributed by atoms with Crippen molar-refractivity contribution < 1.29 is 43.9 Å². The van der Waals surface area contributed by atoms with E-state index in [1.807, 2.05) is 20.8 Å². The third-order valence-electron chi connectivity index (χ3n) is 25.6. The summed E-state index contributed by atoms with van der Waals surface area (Å²) in [4.78, 5) is 163. The average Bonchev–Trinajstić information content (AvgIpc) is 1.59. The van der Waals surface area contributed by atoms with Crippen LogP contribution in [0.4, 0.5) is 78.8 Å². The molecule has 0 saturated heterocycles. The molecule has 6 aliphatic heterocycles. The number of nitrogens with zero attached hydrogens (tertiary/aromatic N) is 6. The van der Waals surface area contributed by atoms with Gasteiger partial charge in [0.15, 0.2) is 46.5 Å². The predicted octanol–water partition coefficient (Wildman–Crippen LogP) is 13.9. The van der Waals surface area contributed by atoms with E-state index in [2.05, 4.69) is 61.8 Å². The third-order valence-corrected chi connectivity index (χ3v) is 25.6. The number of aromatic nitrogens is 12. The molecule has 19 rings (SSSR count). The lowest BCUT2D eigenvalue weighted by Crippen LogP contribution is -2.44. The van der Waals surface area contributed by atoms with Gasteiger partial charge in [-0.3, -0.25) is 86.1 Å². The van der Waals surface area contributed by atoms with Crippen molar-refractivity contribution in [2.45, 2.75) is 232 Å². The molecule has 718 valence electrons. The molecule has 0 bridgehead atoms. The molecule has 136 heavy (non-hydrogen) atoms. The SMILES string of the molecule is CC(C)n1c(=O)[nH]c2c(c1=O)CC[C@H](c1ccc(F)c(F)c1)N2.CC(C)n1c(=O)[nH]c2c(c1=O)CC[C@H](c1ccc(F)cc1)N2.CC1(n2c(=O)[nH]c3c(c2=O)CC[C@H](c2ccc(F)c(F)c2)N3)CC1.CC[C@H](C)n1c(=O)[nH]c2c(c1=O)CC[C@H](c1ccc(F)c(F)c1)N2.CCn1c(=O)[nH]c2c(c1=O)CC[C@H](c1ccc(F)c(F)c1)N2.CCn1c(=O)[nH]c2c(c1=O)CC[C@H](c1ccc(F)cc1)N2. The molecule has 7 aliphatic rings. The first-order valence-electron chi connectivity index (χ1n) is 44.9. The fourth-order valence-electron chi connectivity index (χ4n) is 17.7. The number of hydrogen-bond donors (Lipinski definition) is 12. The smallest absolute Gasteiger partial charge is 0.330 e. The van der Waals surface area contributed by atoms with Gasteiger partial charge in [-0.25, -0.2) is 72.7 Å². The summed E-state index contributed by atoms with van der Waals surface area (Å²) in [7, 11) is 0. The number of hydrogen-bond acceptors (Lipinski definition) is 18. The lowest BCUT2D eigenvalue weighted by molar-refractivity contribution is 0.476. The Morgan fingerprint density at radius 1 is 0.294 bits per heavy atom. The molecule has 7 atom stereocenters. The Bertz CT molecular complexity index is 7350. The summed E-state index contributed by atoms with van der Waals surface area (Å²) in [6.45, 7) is 16.9. The van der Waals surface area contributed by atoms with E-state index in [0.29, 0.717) is 174 Å². The number of H-pyrrole nitrogens is 6. The minimum absolute atomic E-state index is 0.0365. The minimum atomic E-state index is -0.918. The zero-order valence-corrected chi connectivity index (χ0v) is 75.6. The van der Waals surface area contributed by atoms with Crippen LogP contribution in [0.15, 0.2) is 179 Å². The second-order valence-corrected chi connectivity index (χ2v) is 35.1. The van der Waals surface area contributed by atoms with E-state index >= 15 is 0 Å². The van der Waals surface area contributed by atoms with Crippen LogP contribution in [0.5, 0.6) is 0 Å². The lowest BCUT2D eigenvalue weighted by Gasteiger charge is -2.27. The van der Waals surface area contributed by atoms with Gasteiger partial charge in [-0.1, -0.05) is 55.5 Å². The molecule has 0 radical (unpaired) electrons. The van der Waals surface area contributed by atoms with E-state index in [1.165, 1.54) is 71.4 Å². The second-order valence-electron chi connectivity index (χ2n) is 35.1. The summed E-state index contributed by atoms with van der Waals surface area (Å²) in [5, 5.41) is 18.6. The molecule has 1 saturated carbocycles. The monoisotopic (exact) mass is 1890 g/mol. The molecule has 0 amide bonds. The zero-order chi connectivity index (χ0) is 97.9. The first-order valence-corrected chi connectivity index (χ1v) is 44.9. The number of nitrogens with one attached hydrogen (secondary N) is 12. The molecule has 6 aromatic heterocycles. The summed E-state index contributed by atoms with van der Waals surface area (Å²) < 4.78 is 139. The Morgan fingerprint density at radius 2 is 0.529 bits per heavy atom. The van der Waals surface area contributed by atoms with Crippen LogP contribution in [0.2, 0.25) is 0 Å². The normalized spacial score (nSPS) is 17.9. The van der Waals surface area contributed by atoms with Crippen molar-refractivity contribution in [3.63, 3.8) is 0 Å². The van der Waals surface area contributed by atoms with Crippen molar-refractivity contribution in [2.24, 2.45) is 0 Å². The van der Waals surface area contributed by atoms with Crippen LogP contribution in [0, 0.1) is 58.2 Å². The summed E-state index contributed by atoms with van der Waals surface area (Å²) in [5.41, 5.74) is 2.76. The van der Waals surface area contributed by atoms with Crippen molar-refractivity contribution in [2.75, 3.05) is 31.9 Å². The van der Waals surface area contributed by atoms with Crippen molar-refractivity contribution in [3.05, 3.63) is 371 Å². The average molecular weight is 1890 g/mol. The molecule has 12 heterocycles. The van der Waals surface area contributed by atoms with Gasteiger partial charge in [0.25, 0.3) is 33.4 Å². The van der Waals surface area contributed by atoms with Crippen LogP contribution in [0.3, 0.4) is 0 Å². The largest absolute Gasteiger partial charge is 0.364 e. The molecule has 1 aliphatic carbocycles. The van der Waals surface area contributed by atoms with Gasteiger partial charge in [-0.15, -0.1) is 0 Å². The number of fused-ring (bicyclic) bond motifs is 6. The number of anilines is 6. The fourth-order valence-corrected chi connectivity index (χ4v) is 17.7. The van der Waals surface area contributed by atoms with E-state index in [0.717, 1.165) is 89.9 Å². The highest BCUT2D eigenvalue weighted by Gasteiger charge is 2.43. The Hall–Kier alpha value is -14.5. The van der Waals surface area contributed by atoms with Crippen molar-refractivity contribution >= 4 is 34.9 Å². The van der Waals surface area contributed by atoms with Crippen LogP contribution in [0.1, 0.15) is 241 Å². The Kier molecular flexibility index (Phi) is 29.2. The molecule has 6 aromatic carbocycles. The minimum Gasteiger partial charge on any atom is -0.364 e. The molecular formula is C96H102F10N18O12. The van der Waals surface area contributed by atoms with Gasteiger partial charge in [0.2, 0.25) is 0 Å². The standard InChI is InChI=1S/C17H17F2N3O2.C17H19F2N3O2.C16H17F2N3O2.C16H18FN3O2.C15H15F2N3O2.C15H16FN3O2/c1-17(6-7-17)22-15(23)10-3-5-13(20-14(10)21-16(22)24)9-2-4-11(18)12(19)8-9;1-3-9(2)22-16(23)11-5-7-14(20-15(11)21-17(22)24)10-4-6-12(18)13(19)8-10;1-8(2)21-15(22)10-4-6-13(19-14(10)20-16(21)23)9-3-5-11(17)12(18)7-9;1-9(2)20-15(21)12-7-8-13(18-14(12)19-16(20)22)10-3-5-11(17)6-4-10;1-2-20-14(21)9-4-6-12(18-13(9)19-15(20)22)8-3-5-10(16)11(17)7-8;1-2-19-14(20)11-7-8-12(17-13(11)18-15(19)21)9-3-5-10(16)6-4-9/h2,4,8,13,20H,3,5-7H2,1H3,(H,21,24);4,6,8-9,14,20H,3,5,7H2,1-2H3,(H,21,24);3,5,7-8,13,19H,4,6H2,1-2H3,(H,20,23);3-6,9,13,18H,7-8H2,1-2H3,(H,19,22);3,5,7,12,18H,2,4,6H2,1H3,(H,19,22);3-6,12,17H,2,7-8H2,1H3,(H,18,21)/t13-;9-,14+;2*13-;2*12-/m101111/s1. The molecule has 0 unspecified atom stereocenters. The van der Waals surface area contributed by atoms with Gasteiger partial charge in [0.1, 0.15) is 46.5 Å². The Morgan fingerprint density at radius 3 is 0.787 bits per heavy atom. The number of aromatic amines is 6. The van der Waals surface area contributed by atoms with Gasteiger partial charge in [0.05, 0.1) is 75.2 Å². The van der Waals surface area contributed by atoms with Crippen LogP contribution in [0.25, 0.3) is 0 Å². The molecule has 40 heteroatoms. The molecule has 0 spiro atoms. The quantitative estimate of drug-likeness (QED) is 0.0477. The van der Waals surface area contributed by atoms with Crippen LogP contribution < -0.4 is 99.4 Å². The van der Waals surface area contributed by atoms with Crippen molar-refractivity contribution in [3.8, 4) is 0 Å². The molecular weight excluding hydrogens is 1790 g/mol. The van der Waals surface area contributed by atoms with E-state index < -0.39 is 80.7 Å². The second kappa shape index (κ2) is 40.7. The maximum absolute atomic E-state index is 13.4. The van der Waals surface area contributed by atoms with Crippen LogP contribution in [-0.4, -0.2) is 57.3 Å². The molecule has 12 N–H and O–H groups in total. The predicted molar refractivity (Wildman–Crippen MR) is 494 cm³/mol. The third kappa shape index (κ3) is 20.7. The van der Waals surface area contributed by atoms with E-state index in [4.69, 9.17) is 0 Å². The van der Waals surface area contributed by atoms with Crippen LogP contribution in [-0.2, 0) is 57.2 Å². The van der Waals surface area contributed by atoms with E-state index in [1.54, 1.807) is 65.8 Å². The molecule has 12 aromatic rings. The number of rotatable bonds is 13. The van der Waals surface area contributed by atoms with Crippen molar-refractivity contribution in [1.82, 2.24) is 57.3 Å². The van der Waals surface area contributed by atoms with Gasteiger partial charge in [-0.2, -0.15) is 0 Å². The first-order chi connectivity index (χ1) is 64.8. The number of benzene rings is 6. The Balaban J connectivity index is 0.000000131. The summed E-state index contributed by atoms with van der Waals surface area (Å²) >= 11 is 0. The molecule has 30 nitrogen and oxygen atoms in total. The maximum Gasteiger partial charge on any atom is 0.330 e. The highest BCUT2D eigenvalue weighted by atomic mass is 19.2. The summed E-state index contributed by atoms with van der Waals surface area (Å²) in [6, 6.07) is 25.5. The topological polar surface area (TPSA) is 401 Å². The van der Waals surface area contributed by atoms with Gasteiger partial charge in [0, 0.05) is 31.2 Å². The fraction of sp³-hybridized carbons (Fsp3) is 0.375. The van der Waals surface area contributed by atoms with Crippen LogP contribution >= 0.6 is 0 Å². The van der Waals surface area contributed by atoms with E-state index in [9.17, 15) is 101 Å². The Labute approximate surface area is 767 Å². The van der Waals surface area contributed by atoms with Crippen molar-refractivity contribution in [1.29, 1.82) is 0 Å². The first kappa shape index (κ1) is 97.5. The lowest BCUT2D eigenvalue weighted by atomic mass is 9.95. The maximum atomic E-state index is 13.4.